The first-order valence-corrected chi connectivity index (χ1v) is 8.71. The van der Waals surface area contributed by atoms with Gasteiger partial charge in [-0.25, -0.2) is 4.79 Å². The molecule has 0 saturated heterocycles. The van der Waals surface area contributed by atoms with Crippen molar-refractivity contribution in [3.63, 3.8) is 0 Å². The van der Waals surface area contributed by atoms with Crippen molar-refractivity contribution in [3.8, 4) is 22.7 Å². The number of carbonyl (C=O) groups is 1. The molecular formula is C22H18N2O3. The van der Waals surface area contributed by atoms with Gasteiger partial charge in [-0.1, -0.05) is 60.7 Å². The molecule has 27 heavy (non-hydrogen) atoms. The Bertz CT molecular complexity index is 1040. The molecule has 0 atom stereocenters. The van der Waals surface area contributed by atoms with E-state index in [0.717, 1.165) is 12.0 Å². The number of hydrogen-bond donors (Lipinski definition) is 1. The Hall–Kier alpha value is -3.60. The fourth-order valence-electron chi connectivity index (χ4n) is 3.18. The van der Waals surface area contributed by atoms with Crippen LogP contribution in [0.3, 0.4) is 0 Å². The summed E-state index contributed by atoms with van der Waals surface area (Å²) in [6.07, 6.45) is 2.27. The number of aryl methyl sites for hydroxylation is 2. The highest BCUT2D eigenvalue weighted by atomic mass is 16.4. The van der Waals surface area contributed by atoms with Crippen LogP contribution in [-0.2, 0) is 13.0 Å². The smallest absolute Gasteiger partial charge is 0.340 e. The minimum absolute atomic E-state index is 0.157. The van der Waals surface area contributed by atoms with Gasteiger partial charge in [0.15, 0.2) is 5.76 Å². The second-order valence-corrected chi connectivity index (χ2v) is 6.18. The van der Waals surface area contributed by atoms with E-state index in [0.29, 0.717) is 23.7 Å². The van der Waals surface area contributed by atoms with Gasteiger partial charge in [0.05, 0.1) is 12.0 Å². The summed E-state index contributed by atoms with van der Waals surface area (Å²) < 4.78 is 7.21. The van der Waals surface area contributed by atoms with E-state index in [1.165, 1.54) is 11.8 Å². The molecule has 5 heteroatoms. The minimum Gasteiger partial charge on any atom is -0.478 e. The van der Waals surface area contributed by atoms with Crippen molar-refractivity contribution in [2.24, 2.45) is 0 Å². The monoisotopic (exact) mass is 358 g/mol. The van der Waals surface area contributed by atoms with Crippen molar-refractivity contribution < 1.29 is 14.3 Å². The summed E-state index contributed by atoms with van der Waals surface area (Å²) in [5.74, 6) is -0.575. The first-order chi connectivity index (χ1) is 13.2. The third-order valence-corrected chi connectivity index (χ3v) is 4.42. The summed E-state index contributed by atoms with van der Waals surface area (Å²) in [6.45, 7) is 0.565. The molecule has 5 nitrogen and oxygen atoms in total. The SMILES string of the molecule is O=C(O)c1c(-c2ccco2)nn(CCc2ccccc2)c1-c1ccccc1. The highest BCUT2D eigenvalue weighted by Crippen LogP contribution is 2.33. The zero-order valence-corrected chi connectivity index (χ0v) is 14.6. The van der Waals surface area contributed by atoms with Crippen LogP contribution in [0.1, 0.15) is 15.9 Å². The Morgan fingerprint density at radius 1 is 0.963 bits per heavy atom. The van der Waals surface area contributed by atoms with E-state index in [2.05, 4.69) is 17.2 Å². The number of nitrogens with zero attached hydrogens (tertiary/aromatic N) is 2. The van der Waals surface area contributed by atoms with Crippen LogP contribution < -0.4 is 0 Å². The average Bonchev–Trinajstić information content (AvgIpc) is 3.35. The summed E-state index contributed by atoms with van der Waals surface area (Å²) in [6, 6.07) is 23.0. The molecular weight excluding hydrogens is 340 g/mol. The Morgan fingerprint density at radius 2 is 1.67 bits per heavy atom. The Kier molecular flexibility index (Phi) is 4.58. The van der Waals surface area contributed by atoms with Gasteiger partial charge in [-0.2, -0.15) is 5.10 Å². The summed E-state index contributed by atoms with van der Waals surface area (Å²) in [4.78, 5) is 12.1. The van der Waals surface area contributed by atoms with Crippen LogP contribution >= 0.6 is 0 Å². The Balaban J connectivity index is 1.83. The van der Waals surface area contributed by atoms with Crippen LogP contribution in [0.15, 0.2) is 83.5 Å². The van der Waals surface area contributed by atoms with Gasteiger partial charge >= 0.3 is 5.97 Å². The van der Waals surface area contributed by atoms with E-state index in [-0.39, 0.29) is 5.56 Å². The molecule has 0 amide bonds. The molecule has 0 aliphatic carbocycles. The number of aromatic carboxylic acids is 1. The maximum Gasteiger partial charge on any atom is 0.340 e. The number of hydrogen-bond acceptors (Lipinski definition) is 3. The third kappa shape index (κ3) is 3.40. The van der Waals surface area contributed by atoms with E-state index in [1.807, 2.05) is 48.5 Å². The molecule has 0 aliphatic heterocycles. The highest BCUT2D eigenvalue weighted by molar-refractivity contribution is 6.00. The summed E-state index contributed by atoms with van der Waals surface area (Å²) in [7, 11) is 0. The van der Waals surface area contributed by atoms with Gasteiger partial charge in [0.25, 0.3) is 0 Å². The molecule has 0 unspecified atom stereocenters. The van der Waals surface area contributed by atoms with Crippen molar-refractivity contribution in [2.75, 3.05) is 0 Å². The van der Waals surface area contributed by atoms with E-state index in [9.17, 15) is 9.90 Å². The molecule has 0 spiro atoms. The van der Waals surface area contributed by atoms with Crippen LogP contribution in [-0.4, -0.2) is 20.9 Å². The van der Waals surface area contributed by atoms with Gasteiger partial charge in [0, 0.05) is 12.1 Å². The molecule has 0 saturated carbocycles. The van der Waals surface area contributed by atoms with Crippen LogP contribution in [0.4, 0.5) is 0 Å². The van der Waals surface area contributed by atoms with Gasteiger partial charge in [0.2, 0.25) is 0 Å². The molecule has 0 aliphatic rings. The van der Waals surface area contributed by atoms with Crippen molar-refractivity contribution in [1.82, 2.24) is 9.78 Å². The lowest BCUT2D eigenvalue weighted by Gasteiger charge is -2.09. The second-order valence-electron chi connectivity index (χ2n) is 6.18. The number of benzene rings is 2. The number of rotatable bonds is 6. The van der Waals surface area contributed by atoms with Crippen LogP contribution in [0.5, 0.6) is 0 Å². The Morgan fingerprint density at radius 3 is 2.30 bits per heavy atom. The maximum atomic E-state index is 12.1. The molecule has 4 aromatic rings. The van der Waals surface area contributed by atoms with E-state index in [4.69, 9.17) is 4.42 Å². The fourth-order valence-corrected chi connectivity index (χ4v) is 3.18. The third-order valence-electron chi connectivity index (χ3n) is 4.42. The number of carboxylic acids is 1. The predicted molar refractivity (Wildman–Crippen MR) is 102 cm³/mol. The molecule has 0 radical (unpaired) electrons. The van der Waals surface area contributed by atoms with Crippen molar-refractivity contribution in [1.29, 1.82) is 0 Å². The zero-order chi connectivity index (χ0) is 18.6. The molecule has 134 valence electrons. The average molecular weight is 358 g/mol. The maximum absolute atomic E-state index is 12.1. The topological polar surface area (TPSA) is 68.3 Å². The van der Waals surface area contributed by atoms with Gasteiger partial charge in [0.1, 0.15) is 11.3 Å². The number of furan rings is 1. The number of carboxylic acid groups (broad SMARTS) is 1. The van der Waals surface area contributed by atoms with Gasteiger partial charge < -0.3 is 9.52 Å². The number of aromatic nitrogens is 2. The lowest BCUT2D eigenvalue weighted by molar-refractivity contribution is 0.0698. The zero-order valence-electron chi connectivity index (χ0n) is 14.6. The van der Waals surface area contributed by atoms with Gasteiger partial charge in [-0.05, 0) is 24.1 Å². The van der Waals surface area contributed by atoms with Crippen molar-refractivity contribution in [3.05, 3.63) is 90.2 Å². The van der Waals surface area contributed by atoms with Gasteiger partial charge in [-0.3, -0.25) is 4.68 Å². The summed E-state index contributed by atoms with van der Waals surface area (Å²) >= 11 is 0. The normalized spacial score (nSPS) is 10.8. The van der Waals surface area contributed by atoms with E-state index >= 15 is 0 Å². The van der Waals surface area contributed by atoms with Crippen LogP contribution in [0.25, 0.3) is 22.7 Å². The molecule has 0 fully saturated rings. The van der Waals surface area contributed by atoms with Crippen molar-refractivity contribution in [2.45, 2.75) is 13.0 Å². The molecule has 2 aromatic carbocycles. The van der Waals surface area contributed by atoms with Gasteiger partial charge in [-0.15, -0.1) is 0 Å². The van der Waals surface area contributed by atoms with Crippen LogP contribution in [0.2, 0.25) is 0 Å². The quantitative estimate of drug-likeness (QED) is 0.540. The highest BCUT2D eigenvalue weighted by Gasteiger charge is 2.26. The Labute approximate surface area is 156 Å². The lowest BCUT2D eigenvalue weighted by Crippen LogP contribution is -2.07. The van der Waals surface area contributed by atoms with E-state index < -0.39 is 5.97 Å². The molecule has 0 bridgehead atoms. The summed E-state index contributed by atoms with van der Waals surface area (Å²) in [5, 5.41) is 14.5. The first-order valence-electron chi connectivity index (χ1n) is 8.71. The molecule has 2 heterocycles. The first kappa shape index (κ1) is 16.8. The summed E-state index contributed by atoms with van der Waals surface area (Å²) in [5.41, 5.74) is 3.07. The largest absolute Gasteiger partial charge is 0.478 e. The second kappa shape index (κ2) is 7.33. The molecule has 4 rings (SSSR count). The van der Waals surface area contributed by atoms with Crippen molar-refractivity contribution >= 4 is 5.97 Å². The molecule has 1 N–H and O–H groups in total. The lowest BCUT2D eigenvalue weighted by atomic mass is 10.0. The minimum atomic E-state index is -1.02. The molecule has 2 aromatic heterocycles. The standard InChI is InChI=1S/C22H18N2O3/c25-22(26)19-20(18-12-7-15-27-18)23-24(14-13-16-8-3-1-4-9-16)21(19)17-10-5-2-6-11-17/h1-12,15H,13-14H2,(H,25,26). The van der Waals surface area contributed by atoms with Crippen LogP contribution in [0, 0.1) is 0 Å². The van der Waals surface area contributed by atoms with E-state index in [1.54, 1.807) is 16.8 Å². The predicted octanol–water partition coefficient (Wildman–Crippen LogP) is 4.75. The fraction of sp³-hybridized carbons (Fsp3) is 0.0909.